The third kappa shape index (κ3) is 3.95. The predicted molar refractivity (Wildman–Crippen MR) is 82.1 cm³/mol. The summed E-state index contributed by atoms with van der Waals surface area (Å²) in [6.45, 7) is 6.29. The minimum atomic E-state index is -0.511. The quantitative estimate of drug-likeness (QED) is 0.804. The highest BCUT2D eigenvalue weighted by molar-refractivity contribution is 5.81. The number of carbonyl (C=O) groups excluding carboxylic acids is 1. The molecule has 0 bridgehead atoms. The Hall–Kier alpha value is -2.08. The third-order valence-electron chi connectivity index (χ3n) is 3.08. The van der Waals surface area contributed by atoms with Crippen LogP contribution in [0.15, 0.2) is 24.3 Å². The summed E-state index contributed by atoms with van der Waals surface area (Å²) in [6.07, 6.45) is -0.440. The molecule has 6 nitrogen and oxygen atoms in total. The van der Waals surface area contributed by atoms with Crippen molar-refractivity contribution in [3.05, 3.63) is 30.0 Å². The van der Waals surface area contributed by atoms with E-state index in [2.05, 4.69) is 15.5 Å². The van der Waals surface area contributed by atoms with Crippen molar-refractivity contribution in [3.63, 3.8) is 0 Å². The van der Waals surface area contributed by atoms with Crippen LogP contribution in [0.3, 0.4) is 0 Å². The Balaban J connectivity index is 2.05. The fourth-order valence-corrected chi connectivity index (χ4v) is 2.11. The molecule has 21 heavy (non-hydrogen) atoms. The highest BCUT2D eigenvalue weighted by atomic mass is 16.6. The van der Waals surface area contributed by atoms with Crippen LogP contribution in [0, 0.1) is 0 Å². The van der Waals surface area contributed by atoms with Crippen LogP contribution in [0.1, 0.15) is 32.4 Å². The number of hydrogen-bond acceptors (Lipinski definition) is 4. The maximum atomic E-state index is 11.7. The first-order valence-electron chi connectivity index (χ1n) is 7.00. The van der Waals surface area contributed by atoms with Crippen LogP contribution >= 0.6 is 0 Å². The molecule has 0 aliphatic heterocycles. The van der Waals surface area contributed by atoms with Crippen LogP contribution in [0.2, 0.25) is 0 Å². The first-order valence-corrected chi connectivity index (χ1v) is 7.00. The van der Waals surface area contributed by atoms with Gasteiger partial charge in [-0.3, -0.25) is 5.10 Å². The standard InChI is InChI=1S/C15H22N4O2/c1-15(2,3)21-14(20)17-9-10(8-16)13-11-6-4-5-7-12(11)18-19-13/h4-7,10H,8-9,16H2,1-3H3,(H,17,20)(H,18,19). The van der Waals surface area contributed by atoms with E-state index in [1.54, 1.807) is 0 Å². The lowest BCUT2D eigenvalue weighted by atomic mass is 10.0. The van der Waals surface area contributed by atoms with Crippen LogP contribution in [0.4, 0.5) is 4.79 Å². The lowest BCUT2D eigenvalue weighted by molar-refractivity contribution is 0.0524. The number of nitrogens with two attached hydrogens (primary N) is 1. The van der Waals surface area contributed by atoms with Crippen molar-refractivity contribution in [2.75, 3.05) is 13.1 Å². The zero-order chi connectivity index (χ0) is 15.5. The summed E-state index contributed by atoms with van der Waals surface area (Å²) < 4.78 is 5.22. The van der Waals surface area contributed by atoms with Gasteiger partial charge in [-0.1, -0.05) is 18.2 Å². The number of aromatic amines is 1. The van der Waals surface area contributed by atoms with Gasteiger partial charge in [-0.2, -0.15) is 5.10 Å². The Morgan fingerprint density at radius 1 is 1.43 bits per heavy atom. The summed E-state index contributed by atoms with van der Waals surface area (Å²) in [5.74, 6) is -0.0371. The van der Waals surface area contributed by atoms with Crippen molar-refractivity contribution in [2.24, 2.45) is 5.73 Å². The van der Waals surface area contributed by atoms with Gasteiger partial charge in [-0.15, -0.1) is 0 Å². The van der Waals surface area contributed by atoms with Crippen LogP contribution < -0.4 is 11.1 Å². The molecule has 1 unspecified atom stereocenters. The fraction of sp³-hybridized carbons (Fsp3) is 0.467. The number of H-pyrrole nitrogens is 1. The van der Waals surface area contributed by atoms with Gasteiger partial charge in [0.1, 0.15) is 5.60 Å². The Morgan fingerprint density at radius 2 is 2.14 bits per heavy atom. The smallest absolute Gasteiger partial charge is 0.407 e. The molecular weight excluding hydrogens is 268 g/mol. The number of benzene rings is 1. The van der Waals surface area contributed by atoms with Crippen LogP contribution in [-0.2, 0) is 4.74 Å². The number of fused-ring (bicyclic) bond motifs is 1. The van der Waals surface area contributed by atoms with E-state index < -0.39 is 11.7 Å². The van der Waals surface area contributed by atoms with E-state index in [0.29, 0.717) is 13.1 Å². The second-order valence-corrected chi connectivity index (χ2v) is 5.97. The lowest BCUT2D eigenvalue weighted by Crippen LogP contribution is -2.36. The van der Waals surface area contributed by atoms with Gasteiger partial charge in [0.15, 0.2) is 0 Å². The SMILES string of the molecule is CC(C)(C)OC(=O)NCC(CN)c1[nH]nc2ccccc12. The molecule has 0 radical (unpaired) electrons. The van der Waals surface area contributed by atoms with Gasteiger partial charge in [-0.25, -0.2) is 4.79 Å². The Labute approximate surface area is 124 Å². The molecule has 0 fully saturated rings. The highest BCUT2D eigenvalue weighted by Gasteiger charge is 2.19. The molecule has 1 atom stereocenters. The Morgan fingerprint density at radius 3 is 2.81 bits per heavy atom. The second kappa shape index (κ2) is 6.13. The zero-order valence-electron chi connectivity index (χ0n) is 12.6. The number of rotatable bonds is 4. The Kier molecular flexibility index (Phi) is 4.47. The van der Waals surface area contributed by atoms with Crippen molar-refractivity contribution in [1.29, 1.82) is 0 Å². The Bertz CT molecular complexity index is 615. The molecular formula is C15H22N4O2. The number of nitrogens with one attached hydrogen (secondary N) is 2. The summed E-state index contributed by atoms with van der Waals surface area (Å²) in [5, 5.41) is 11.0. The molecule has 2 aromatic rings. The summed E-state index contributed by atoms with van der Waals surface area (Å²) in [7, 11) is 0. The lowest BCUT2D eigenvalue weighted by Gasteiger charge is -2.21. The minimum absolute atomic E-state index is 0.0371. The summed E-state index contributed by atoms with van der Waals surface area (Å²) >= 11 is 0. The molecule has 114 valence electrons. The van der Waals surface area contributed by atoms with Crippen LogP contribution in [0.5, 0.6) is 0 Å². The first kappa shape index (κ1) is 15.3. The van der Waals surface area contributed by atoms with Gasteiger partial charge in [0.25, 0.3) is 0 Å². The molecule has 2 rings (SSSR count). The molecule has 0 saturated carbocycles. The average molecular weight is 290 g/mol. The number of carbonyl (C=O) groups is 1. The van der Waals surface area contributed by atoms with E-state index >= 15 is 0 Å². The molecule has 0 aliphatic carbocycles. The molecule has 0 aliphatic rings. The van der Waals surface area contributed by atoms with Gasteiger partial charge < -0.3 is 15.8 Å². The van der Waals surface area contributed by atoms with Gasteiger partial charge in [0.2, 0.25) is 0 Å². The highest BCUT2D eigenvalue weighted by Crippen LogP contribution is 2.22. The predicted octanol–water partition coefficient (Wildman–Crippen LogP) is 2.13. The number of nitrogens with zero attached hydrogens (tertiary/aromatic N) is 1. The van der Waals surface area contributed by atoms with Crippen molar-refractivity contribution in [2.45, 2.75) is 32.3 Å². The molecule has 4 N–H and O–H groups in total. The largest absolute Gasteiger partial charge is 0.444 e. The maximum absolute atomic E-state index is 11.7. The zero-order valence-corrected chi connectivity index (χ0v) is 12.6. The first-order chi connectivity index (χ1) is 9.90. The van der Waals surface area contributed by atoms with Crippen molar-refractivity contribution < 1.29 is 9.53 Å². The van der Waals surface area contributed by atoms with Gasteiger partial charge in [0, 0.05) is 30.1 Å². The van der Waals surface area contributed by atoms with Crippen molar-refractivity contribution in [3.8, 4) is 0 Å². The molecule has 1 heterocycles. The van der Waals surface area contributed by atoms with Gasteiger partial charge in [-0.05, 0) is 26.8 Å². The van der Waals surface area contributed by atoms with E-state index in [-0.39, 0.29) is 5.92 Å². The molecule has 1 aromatic heterocycles. The second-order valence-electron chi connectivity index (χ2n) is 5.97. The average Bonchev–Trinajstić information content (AvgIpc) is 2.82. The van der Waals surface area contributed by atoms with E-state index in [0.717, 1.165) is 16.6 Å². The van der Waals surface area contributed by atoms with Crippen molar-refractivity contribution in [1.82, 2.24) is 15.5 Å². The molecule has 0 spiro atoms. The number of para-hydroxylation sites is 1. The number of amides is 1. The van der Waals surface area contributed by atoms with E-state index in [1.807, 2.05) is 45.0 Å². The third-order valence-corrected chi connectivity index (χ3v) is 3.08. The monoisotopic (exact) mass is 290 g/mol. The number of aromatic nitrogens is 2. The van der Waals surface area contributed by atoms with E-state index in [1.165, 1.54) is 0 Å². The topological polar surface area (TPSA) is 93.0 Å². The minimum Gasteiger partial charge on any atom is -0.444 e. The molecule has 6 heteroatoms. The fourth-order valence-electron chi connectivity index (χ4n) is 2.11. The van der Waals surface area contributed by atoms with Crippen molar-refractivity contribution >= 4 is 17.0 Å². The summed E-state index contributed by atoms with van der Waals surface area (Å²) in [4.78, 5) is 11.7. The van der Waals surface area contributed by atoms with E-state index in [9.17, 15) is 4.79 Å². The molecule has 1 amide bonds. The summed E-state index contributed by atoms with van der Waals surface area (Å²) in [6, 6.07) is 7.81. The number of hydrogen-bond donors (Lipinski definition) is 3. The number of ether oxygens (including phenoxy) is 1. The normalized spacial score (nSPS) is 13.1. The summed E-state index contributed by atoms with van der Waals surface area (Å²) in [5.41, 5.74) is 7.14. The van der Waals surface area contributed by atoms with Gasteiger partial charge >= 0.3 is 6.09 Å². The van der Waals surface area contributed by atoms with Crippen LogP contribution in [0.25, 0.3) is 10.9 Å². The molecule has 0 saturated heterocycles. The molecule has 1 aromatic carbocycles. The number of alkyl carbamates (subject to hydrolysis) is 1. The van der Waals surface area contributed by atoms with E-state index in [4.69, 9.17) is 10.5 Å². The maximum Gasteiger partial charge on any atom is 0.407 e. The van der Waals surface area contributed by atoms with Crippen LogP contribution in [-0.4, -0.2) is 35.0 Å². The van der Waals surface area contributed by atoms with Gasteiger partial charge in [0.05, 0.1) is 5.52 Å².